The fourth-order valence-electron chi connectivity index (χ4n) is 4.15. The third-order valence-electron chi connectivity index (χ3n) is 5.84. The number of halogens is 1. The van der Waals surface area contributed by atoms with Gasteiger partial charge in [0, 0.05) is 31.1 Å². The zero-order valence-electron chi connectivity index (χ0n) is 19.1. The topological polar surface area (TPSA) is 46.6 Å². The lowest BCUT2D eigenvalue weighted by Crippen LogP contribution is -2.38. The van der Waals surface area contributed by atoms with E-state index in [1.807, 2.05) is 24.3 Å². The average Bonchev–Trinajstić information content (AvgIpc) is 2.79. The highest BCUT2D eigenvalue weighted by Crippen LogP contribution is 2.30. The molecule has 32 heavy (non-hydrogen) atoms. The number of methoxy groups -OCH3 is 1. The van der Waals surface area contributed by atoms with E-state index in [1.54, 1.807) is 7.11 Å². The van der Waals surface area contributed by atoms with Gasteiger partial charge in [-0.1, -0.05) is 55.8 Å². The minimum absolute atomic E-state index is 0.390. The van der Waals surface area contributed by atoms with Crippen molar-refractivity contribution in [3.8, 4) is 11.5 Å². The number of aromatic nitrogens is 1. The highest BCUT2D eigenvalue weighted by molar-refractivity contribution is 6.30. The molecule has 4 rings (SSSR count). The van der Waals surface area contributed by atoms with Crippen molar-refractivity contribution in [2.45, 2.75) is 39.3 Å². The van der Waals surface area contributed by atoms with Crippen LogP contribution in [0, 0.1) is 5.92 Å². The molecule has 0 radical (unpaired) electrons. The van der Waals surface area contributed by atoms with Crippen LogP contribution in [0.2, 0.25) is 5.15 Å². The highest BCUT2D eigenvalue weighted by atomic mass is 35.5. The normalized spacial score (nSPS) is 15.3. The summed E-state index contributed by atoms with van der Waals surface area (Å²) in [5, 5.41) is 6.40. The van der Waals surface area contributed by atoms with E-state index in [2.05, 4.69) is 53.3 Å². The van der Waals surface area contributed by atoms with Gasteiger partial charge in [-0.2, -0.15) is 0 Å². The molecule has 1 N–H and O–H groups in total. The second-order valence-electron chi connectivity index (χ2n) is 8.90. The summed E-state index contributed by atoms with van der Waals surface area (Å²) in [6.45, 7) is 7.96. The summed E-state index contributed by atoms with van der Waals surface area (Å²) in [6, 6.07) is 16.8. The number of benzene rings is 2. The molecule has 0 bridgehead atoms. The standard InChI is InChI=1S/C26H32ClN3O2/c1-18(2)17-32-24-14-19(8-9-23(24)31-3)16-30-12-10-21(11-13-30)28-26-22-7-5-4-6-20(22)15-25(27)29-26/h4-9,14-15,18,21H,10-13,16-17H2,1-3H3,(H,28,29). The SMILES string of the molecule is COc1ccc(CN2CCC(Nc3nc(Cl)cc4ccccc34)CC2)cc1OCC(C)C. The van der Waals surface area contributed by atoms with Gasteiger partial charge in [-0.3, -0.25) is 4.90 Å². The zero-order chi connectivity index (χ0) is 22.5. The Kier molecular flexibility index (Phi) is 7.38. The van der Waals surface area contributed by atoms with Crippen LogP contribution in [0.15, 0.2) is 48.5 Å². The molecule has 6 heteroatoms. The van der Waals surface area contributed by atoms with Gasteiger partial charge in [0.25, 0.3) is 0 Å². The molecule has 1 aromatic heterocycles. The first-order valence-electron chi connectivity index (χ1n) is 11.4. The summed E-state index contributed by atoms with van der Waals surface area (Å²) in [4.78, 5) is 7.05. The number of fused-ring (bicyclic) bond motifs is 1. The van der Waals surface area contributed by atoms with Gasteiger partial charge in [-0.05, 0) is 47.9 Å². The van der Waals surface area contributed by atoms with E-state index in [-0.39, 0.29) is 0 Å². The van der Waals surface area contributed by atoms with Gasteiger partial charge >= 0.3 is 0 Å². The van der Waals surface area contributed by atoms with Gasteiger partial charge in [0.1, 0.15) is 11.0 Å². The smallest absolute Gasteiger partial charge is 0.161 e. The predicted octanol–water partition coefficient (Wildman–Crippen LogP) is 6.01. The maximum absolute atomic E-state index is 6.25. The number of pyridine rings is 1. The van der Waals surface area contributed by atoms with Crippen LogP contribution in [0.25, 0.3) is 10.8 Å². The van der Waals surface area contributed by atoms with E-state index < -0.39 is 0 Å². The van der Waals surface area contributed by atoms with Crippen molar-refractivity contribution in [3.05, 3.63) is 59.2 Å². The minimum atomic E-state index is 0.390. The molecule has 0 amide bonds. The number of likely N-dealkylation sites (tertiary alicyclic amines) is 1. The predicted molar refractivity (Wildman–Crippen MR) is 132 cm³/mol. The molecule has 1 aliphatic rings. The minimum Gasteiger partial charge on any atom is -0.493 e. The number of hydrogen-bond acceptors (Lipinski definition) is 5. The Labute approximate surface area is 195 Å². The molecule has 1 aliphatic heterocycles. The summed E-state index contributed by atoms with van der Waals surface area (Å²) in [5.74, 6) is 2.97. The lowest BCUT2D eigenvalue weighted by molar-refractivity contribution is 0.210. The Hall–Kier alpha value is -2.50. The molecule has 1 saturated heterocycles. The molecule has 2 aromatic carbocycles. The number of piperidine rings is 1. The van der Waals surface area contributed by atoms with Crippen molar-refractivity contribution in [1.29, 1.82) is 0 Å². The first-order valence-corrected chi connectivity index (χ1v) is 11.7. The lowest BCUT2D eigenvalue weighted by atomic mass is 10.0. The van der Waals surface area contributed by atoms with E-state index in [1.165, 1.54) is 5.56 Å². The van der Waals surface area contributed by atoms with Crippen molar-refractivity contribution >= 4 is 28.2 Å². The van der Waals surface area contributed by atoms with E-state index in [4.69, 9.17) is 21.1 Å². The molecule has 0 atom stereocenters. The monoisotopic (exact) mass is 453 g/mol. The van der Waals surface area contributed by atoms with Crippen LogP contribution in [-0.2, 0) is 6.54 Å². The van der Waals surface area contributed by atoms with Crippen LogP contribution in [0.3, 0.4) is 0 Å². The molecule has 0 spiro atoms. The van der Waals surface area contributed by atoms with Crippen molar-refractivity contribution < 1.29 is 9.47 Å². The van der Waals surface area contributed by atoms with Crippen molar-refractivity contribution in [2.24, 2.45) is 5.92 Å². The van der Waals surface area contributed by atoms with Gasteiger partial charge in [-0.15, -0.1) is 0 Å². The van der Waals surface area contributed by atoms with E-state index in [9.17, 15) is 0 Å². The number of ether oxygens (including phenoxy) is 2. The molecule has 170 valence electrons. The molecular weight excluding hydrogens is 422 g/mol. The van der Waals surface area contributed by atoms with Gasteiger partial charge in [0.2, 0.25) is 0 Å². The van der Waals surface area contributed by atoms with Crippen LogP contribution < -0.4 is 14.8 Å². The number of rotatable bonds is 8. The Balaban J connectivity index is 1.36. The van der Waals surface area contributed by atoms with Crippen molar-refractivity contribution in [2.75, 3.05) is 32.1 Å². The second kappa shape index (κ2) is 10.4. The van der Waals surface area contributed by atoms with Gasteiger partial charge in [0.05, 0.1) is 13.7 Å². The van der Waals surface area contributed by atoms with Crippen LogP contribution in [0.1, 0.15) is 32.3 Å². The van der Waals surface area contributed by atoms with Gasteiger partial charge in [0.15, 0.2) is 11.5 Å². The number of anilines is 1. The third-order valence-corrected chi connectivity index (χ3v) is 6.04. The maximum atomic E-state index is 6.25. The molecule has 2 heterocycles. The fourth-order valence-corrected chi connectivity index (χ4v) is 4.35. The van der Waals surface area contributed by atoms with Gasteiger partial charge < -0.3 is 14.8 Å². The Morgan fingerprint density at radius 3 is 2.62 bits per heavy atom. The van der Waals surface area contributed by atoms with Crippen molar-refractivity contribution in [1.82, 2.24) is 9.88 Å². The number of nitrogens with one attached hydrogen (secondary N) is 1. The molecule has 5 nitrogen and oxygen atoms in total. The van der Waals surface area contributed by atoms with E-state index >= 15 is 0 Å². The molecular formula is C26H32ClN3O2. The van der Waals surface area contributed by atoms with Crippen LogP contribution in [-0.4, -0.2) is 42.7 Å². The summed E-state index contributed by atoms with van der Waals surface area (Å²) in [7, 11) is 1.69. The van der Waals surface area contributed by atoms with Crippen LogP contribution in [0.5, 0.6) is 11.5 Å². The Morgan fingerprint density at radius 1 is 1.09 bits per heavy atom. The molecule has 0 aliphatic carbocycles. The summed E-state index contributed by atoms with van der Waals surface area (Å²) >= 11 is 6.25. The summed E-state index contributed by atoms with van der Waals surface area (Å²) < 4.78 is 11.4. The average molecular weight is 454 g/mol. The quantitative estimate of drug-likeness (QED) is 0.423. The number of hydrogen-bond donors (Lipinski definition) is 1. The first kappa shape index (κ1) is 22.7. The molecule has 0 saturated carbocycles. The van der Waals surface area contributed by atoms with Crippen LogP contribution >= 0.6 is 11.6 Å². The van der Waals surface area contributed by atoms with E-state index in [0.717, 1.165) is 60.6 Å². The molecule has 3 aromatic rings. The van der Waals surface area contributed by atoms with Gasteiger partial charge in [-0.25, -0.2) is 4.98 Å². The Morgan fingerprint density at radius 2 is 1.88 bits per heavy atom. The second-order valence-corrected chi connectivity index (χ2v) is 9.29. The molecule has 0 unspecified atom stereocenters. The van der Waals surface area contributed by atoms with Crippen LogP contribution in [0.4, 0.5) is 5.82 Å². The van der Waals surface area contributed by atoms with Crippen molar-refractivity contribution in [3.63, 3.8) is 0 Å². The highest BCUT2D eigenvalue weighted by Gasteiger charge is 2.21. The number of nitrogens with zero attached hydrogens (tertiary/aromatic N) is 2. The van der Waals surface area contributed by atoms with E-state index in [0.29, 0.717) is 23.7 Å². The first-order chi connectivity index (χ1) is 15.5. The zero-order valence-corrected chi connectivity index (χ0v) is 19.9. The lowest BCUT2D eigenvalue weighted by Gasteiger charge is -2.33. The fraction of sp³-hybridized carbons (Fsp3) is 0.423. The summed E-state index contributed by atoms with van der Waals surface area (Å²) in [5.41, 5.74) is 1.25. The maximum Gasteiger partial charge on any atom is 0.161 e. The molecule has 1 fully saturated rings. The summed E-state index contributed by atoms with van der Waals surface area (Å²) in [6.07, 6.45) is 2.13. The largest absolute Gasteiger partial charge is 0.493 e. The third kappa shape index (κ3) is 5.64. The Bertz CT molecular complexity index is 1050.